The van der Waals surface area contributed by atoms with Gasteiger partial charge in [-0.2, -0.15) is 0 Å². The first kappa shape index (κ1) is 20.8. The number of rotatable bonds is 6. The number of benzene rings is 1. The van der Waals surface area contributed by atoms with Crippen LogP contribution in [0.5, 0.6) is 0 Å². The molecule has 1 heterocycles. The zero-order valence-corrected chi connectivity index (χ0v) is 18.9. The van der Waals surface area contributed by atoms with Crippen LogP contribution in [0.15, 0.2) is 24.3 Å². The van der Waals surface area contributed by atoms with Crippen molar-refractivity contribution in [1.82, 2.24) is 10.2 Å². The van der Waals surface area contributed by atoms with E-state index < -0.39 is 0 Å². The quantitative estimate of drug-likeness (QED) is 0.709. The maximum absolute atomic E-state index is 13.0. The zero-order chi connectivity index (χ0) is 21.4. The number of hydrogen-bond acceptors (Lipinski definition) is 3. The first-order valence-corrected chi connectivity index (χ1v) is 12.4. The van der Waals surface area contributed by atoms with E-state index in [1.165, 1.54) is 30.5 Å². The van der Waals surface area contributed by atoms with E-state index in [1.54, 1.807) is 0 Å². The fourth-order valence-electron chi connectivity index (χ4n) is 7.29. The van der Waals surface area contributed by atoms with E-state index >= 15 is 0 Å². The molecular formula is C26H37N3O2. The van der Waals surface area contributed by atoms with Gasteiger partial charge in [-0.25, -0.2) is 0 Å². The zero-order valence-electron chi connectivity index (χ0n) is 18.9. The molecule has 1 N–H and O–H groups in total. The van der Waals surface area contributed by atoms with Crippen LogP contribution in [0.1, 0.15) is 56.9 Å². The minimum atomic E-state index is -0.0787. The lowest BCUT2D eigenvalue weighted by Crippen LogP contribution is -2.53. The Balaban J connectivity index is 1.04. The van der Waals surface area contributed by atoms with Crippen LogP contribution < -0.4 is 10.2 Å². The maximum Gasteiger partial charge on any atom is 0.226 e. The predicted molar refractivity (Wildman–Crippen MR) is 123 cm³/mol. The Morgan fingerprint density at radius 1 is 0.968 bits per heavy atom. The molecule has 5 heteroatoms. The number of nitrogens with one attached hydrogen (secondary N) is 1. The summed E-state index contributed by atoms with van der Waals surface area (Å²) in [4.78, 5) is 30.1. The second-order valence-electron chi connectivity index (χ2n) is 10.7. The van der Waals surface area contributed by atoms with Gasteiger partial charge in [0.25, 0.3) is 0 Å². The van der Waals surface area contributed by atoms with Crippen molar-refractivity contribution in [2.75, 3.05) is 37.6 Å². The van der Waals surface area contributed by atoms with Gasteiger partial charge < -0.3 is 15.1 Å². The van der Waals surface area contributed by atoms with Crippen molar-refractivity contribution in [1.29, 1.82) is 0 Å². The Bertz CT molecular complexity index is 792. The highest BCUT2D eigenvalue weighted by Crippen LogP contribution is 2.60. The second-order valence-corrected chi connectivity index (χ2v) is 10.7. The molecule has 0 atom stereocenters. The van der Waals surface area contributed by atoms with Gasteiger partial charge in [-0.1, -0.05) is 18.2 Å². The molecule has 0 unspecified atom stereocenters. The molecule has 1 saturated heterocycles. The Kier molecular flexibility index (Phi) is 5.70. The van der Waals surface area contributed by atoms with Gasteiger partial charge in [0, 0.05) is 50.2 Å². The third kappa shape index (κ3) is 4.20. The van der Waals surface area contributed by atoms with E-state index in [0.29, 0.717) is 13.0 Å². The summed E-state index contributed by atoms with van der Waals surface area (Å²) in [6, 6.07) is 8.46. The molecule has 4 saturated carbocycles. The molecule has 168 valence electrons. The molecule has 1 aromatic rings. The molecule has 4 bridgehead atoms. The Morgan fingerprint density at radius 3 is 2.19 bits per heavy atom. The molecule has 0 spiro atoms. The standard InChI is InChI=1S/C26H37N3O2/c1-19-5-2-3-6-23(19)28-9-11-29(12-10-28)24(30)7-4-8-27-25(31)26-16-20-13-21(17-26)15-22(14-20)18-26/h2-3,5-6,20-22H,4,7-18H2,1H3,(H,27,31). The van der Waals surface area contributed by atoms with Crippen LogP contribution in [0.3, 0.4) is 0 Å². The highest BCUT2D eigenvalue weighted by Gasteiger charge is 2.54. The molecular weight excluding hydrogens is 386 g/mol. The number of amides is 2. The van der Waals surface area contributed by atoms with Crippen LogP contribution in [-0.2, 0) is 9.59 Å². The smallest absolute Gasteiger partial charge is 0.226 e. The van der Waals surface area contributed by atoms with Crippen molar-refractivity contribution in [2.24, 2.45) is 23.2 Å². The molecule has 1 aliphatic heterocycles. The monoisotopic (exact) mass is 423 g/mol. The Morgan fingerprint density at radius 2 is 1.58 bits per heavy atom. The van der Waals surface area contributed by atoms with Gasteiger partial charge in [0.1, 0.15) is 0 Å². The molecule has 1 aromatic carbocycles. The van der Waals surface area contributed by atoms with Gasteiger partial charge in [-0.15, -0.1) is 0 Å². The highest BCUT2D eigenvalue weighted by atomic mass is 16.2. The lowest BCUT2D eigenvalue weighted by Gasteiger charge is -2.55. The number of hydrogen-bond donors (Lipinski definition) is 1. The number of nitrogens with zero attached hydrogens (tertiary/aromatic N) is 2. The molecule has 5 fully saturated rings. The summed E-state index contributed by atoms with van der Waals surface area (Å²) < 4.78 is 0. The van der Waals surface area contributed by atoms with Crippen molar-refractivity contribution in [2.45, 2.75) is 58.3 Å². The largest absolute Gasteiger partial charge is 0.368 e. The Labute approximate surface area is 186 Å². The third-order valence-electron chi connectivity index (χ3n) is 8.46. The summed E-state index contributed by atoms with van der Waals surface area (Å²) in [6.07, 6.45) is 8.67. The molecule has 4 aliphatic carbocycles. The number of carbonyl (C=O) groups excluding carboxylic acids is 2. The van der Waals surface area contributed by atoms with Crippen LogP contribution in [-0.4, -0.2) is 49.4 Å². The van der Waals surface area contributed by atoms with E-state index in [-0.39, 0.29) is 17.2 Å². The van der Waals surface area contributed by atoms with Crippen molar-refractivity contribution >= 4 is 17.5 Å². The van der Waals surface area contributed by atoms with Gasteiger partial charge in [0.05, 0.1) is 0 Å². The van der Waals surface area contributed by atoms with Crippen LogP contribution in [0.4, 0.5) is 5.69 Å². The van der Waals surface area contributed by atoms with Crippen LogP contribution in [0.25, 0.3) is 0 Å². The van der Waals surface area contributed by atoms with Gasteiger partial charge in [0.2, 0.25) is 11.8 Å². The van der Waals surface area contributed by atoms with E-state index in [9.17, 15) is 9.59 Å². The number of anilines is 1. The summed E-state index contributed by atoms with van der Waals surface area (Å²) in [5.41, 5.74) is 2.49. The summed E-state index contributed by atoms with van der Waals surface area (Å²) >= 11 is 0. The maximum atomic E-state index is 13.0. The summed E-state index contributed by atoms with van der Waals surface area (Å²) in [5, 5.41) is 3.21. The Hall–Kier alpha value is -2.04. The second kappa shape index (κ2) is 8.48. The molecule has 31 heavy (non-hydrogen) atoms. The SMILES string of the molecule is Cc1ccccc1N1CCN(C(=O)CCCNC(=O)C23CC4CC(CC(C4)C2)C3)CC1. The average molecular weight is 424 g/mol. The first-order chi connectivity index (χ1) is 15.0. The summed E-state index contributed by atoms with van der Waals surface area (Å²) in [6.45, 7) is 6.12. The lowest BCUT2D eigenvalue weighted by atomic mass is 9.49. The van der Waals surface area contributed by atoms with E-state index in [2.05, 4.69) is 41.4 Å². The molecule has 0 radical (unpaired) electrons. The van der Waals surface area contributed by atoms with Crippen LogP contribution in [0, 0.1) is 30.1 Å². The van der Waals surface area contributed by atoms with Gasteiger partial charge >= 0.3 is 0 Å². The van der Waals surface area contributed by atoms with Crippen molar-refractivity contribution < 1.29 is 9.59 Å². The average Bonchev–Trinajstić information content (AvgIpc) is 2.76. The van der Waals surface area contributed by atoms with Crippen molar-refractivity contribution in [3.05, 3.63) is 29.8 Å². The third-order valence-corrected chi connectivity index (χ3v) is 8.46. The first-order valence-electron chi connectivity index (χ1n) is 12.4. The fourth-order valence-corrected chi connectivity index (χ4v) is 7.29. The number of aryl methyl sites for hydroxylation is 1. The van der Waals surface area contributed by atoms with Crippen molar-refractivity contribution in [3.63, 3.8) is 0 Å². The number of piperazine rings is 1. The van der Waals surface area contributed by atoms with Gasteiger partial charge in [0.15, 0.2) is 0 Å². The molecule has 6 rings (SSSR count). The van der Waals surface area contributed by atoms with E-state index in [0.717, 1.165) is 69.6 Å². The number of carbonyl (C=O) groups is 2. The van der Waals surface area contributed by atoms with Crippen LogP contribution >= 0.6 is 0 Å². The molecule has 5 aliphatic rings. The topological polar surface area (TPSA) is 52.6 Å². The summed E-state index contributed by atoms with van der Waals surface area (Å²) in [5.74, 6) is 2.88. The normalized spacial score (nSPS) is 31.7. The van der Waals surface area contributed by atoms with Gasteiger partial charge in [-0.05, 0) is 81.3 Å². The highest BCUT2D eigenvalue weighted by molar-refractivity contribution is 5.83. The summed E-state index contributed by atoms with van der Waals surface area (Å²) in [7, 11) is 0. The molecule has 5 nitrogen and oxygen atoms in total. The van der Waals surface area contributed by atoms with E-state index in [1.807, 2.05) is 4.90 Å². The van der Waals surface area contributed by atoms with Crippen molar-refractivity contribution in [3.8, 4) is 0 Å². The lowest BCUT2D eigenvalue weighted by molar-refractivity contribution is -0.146. The van der Waals surface area contributed by atoms with Gasteiger partial charge in [-0.3, -0.25) is 9.59 Å². The minimum absolute atomic E-state index is 0.0787. The predicted octanol–water partition coefficient (Wildman–Crippen LogP) is 3.76. The fraction of sp³-hybridized carbons (Fsp3) is 0.692. The molecule has 0 aromatic heterocycles. The molecule has 2 amide bonds. The number of para-hydroxylation sites is 1. The minimum Gasteiger partial charge on any atom is -0.368 e. The van der Waals surface area contributed by atoms with Crippen LogP contribution in [0.2, 0.25) is 0 Å². The van der Waals surface area contributed by atoms with E-state index in [4.69, 9.17) is 0 Å².